The smallest absolute Gasteiger partial charge is 0.339 e. The van der Waals surface area contributed by atoms with E-state index in [0.717, 1.165) is 18.4 Å². The van der Waals surface area contributed by atoms with Gasteiger partial charge in [-0.15, -0.1) is 0 Å². The number of hydrogen-bond acceptors (Lipinski definition) is 5. The molecule has 8 heteroatoms. The molecule has 0 aliphatic carbocycles. The SMILES string of the molecule is O=C1O[C@@H](C(=O)Nc2cccc(S(=O)(=O)N3CCCC3)c2)Cc2ccccc21. The normalized spacial score (nSPS) is 19.7. The van der Waals surface area contributed by atoms with Gasteiger partial charge in [0.15, 0.2) is 6.10 Å². The van der Waals surface area contributed by atoms with Crippen LogP contribution in [0.2, 0.25) is 0 Å². The first kappa shape index (κ1) is 18.6. The van der Waals surface area contributed by atoms with E-state index in [9.17, 15) is 18.0 Å². The maximum absolute atomic E-state index is 12.7. The average Bonchev–Trinajstić information content (AvgIpc) is 3.24. The summed E-state index contributed by atoms with van der Waals surface area (Å²) in [7, 11) is -3.57. The molecule has 0 unspecified atom stereocenters. The van der Waals surface area contributed by atoms with Gasteiger partial charge in [0, 0.05) is 25.2 Å². The van der Waals surface area contributed by atoms with E-state index in [-0.39, 0.29) is 11.3 Å². The van der Waals surface area contributed by atoms with Crippen molar-refractivity contribution in [2.45, 2.75) is 30.3 Å². The van der Waals surface area contributed by atoms with Crippen molar-refractivity contribution in [3.63, 3.8) is 0 Å². The minimum atomic E-state index is -3.57. The number of nitrogens with one attached hydrogen (secondary N) is 1. The number of carbonyl (C=O) groups excluding carboxylic acids is 2. The molecule has 0 aromatic heterocycles. The molecule has 1 fully saturated rings. The summed E-state index contributed by atoms with van der Waals surface area (Å²) < 4.78 is 32.1. The Balaban J connectivity index is 1.51. The van der Waals surface area contributed by atoms with E-state index in [1.165, 1.54) is 16.4 Å². The highest BCUT2D eigenvalue weighted by Crippen LogP contribution is 2.25. The van der Waals surface area contributed by atoms with Crippen molar-refractivity contribution in [2.75, 3.05) is 18.4 Å². The van der Waals surface area contributed by atoms with Gasteiger partial charge in [-0.1, -0.05) is 24.3 Å². The molecular formula is C20H20N2O5S. The summed E-state index contributed by atoms with van der Waals surface area (Å²) in [5, 5.41) is 2.67. The topological polar surface area (TPSA) is 92.8 Å². The summed E-state index contributed by atoms with van der Waals surface area (Å²) in [6, 6.07) is 13.1. The number of hydrogen-bond donors (Lipinski definition) is 1. The molecule has 2 aliphatic rings. The van der Waals surface area contributed by atoms with Gasteiger partial charge in [0.2, 0.25) is 10.0 Å². The zero-order chi connectivity index (χ0) is 19.7. The Bertz CT molecular complexity index is 1030. The van der Waals surface area contributed by atoms with Gasteiger partial charge in [-0.25, -0.2) is 13.2 Å². The second-order valence-corrected chi connectivity index (χ2v) is 8.82. The van der Waals surface area contributed by atoms with E-state index in [1.807, 2.05) is 0 Å². The molecule has 2 heterocycles. The van der Waals surface area contributed by atoms with E-state index >= 15 is 0 Å². The second kappa shape index (κ2) is 7.37. The van der Waals surface area contributed by atoms with Crippen LogP contribution >= 0.6 is 0 Å². The van der Waals surface area contributed by atoms with Crippen LogP contribution in [0.3, 0.4) is 0 Å². The standard InChI is InChI=1S/C20H20N2O5S/c23-19(18-12-14-6-1-2-9-17(14)20(24)27-18)21-15-7-5-8-16(13-15)28(25,26)22-10-3-4-11-22/h1-2,5-9,13,18H,3-4,10-12H2,(H,21,23)/t18-/m1/s1. The monoisotopic (exact) mass is 400 g/mol. The highest BCUT2D eigenvalue weighted by Gasteiger charge is 2.31. The number of carbonyl (C=O) groups is 2. The minimum absolute atomic E-state index is 0.137. The lowest BCUT2D eigenvalue weighted by Crippen LogP contribution is -2.38. The van der Waals surface area contributed by atoms with Crippen LogP contribution in [0.25, 0.3) is 0 Å². The fraction of sp³-hybridized carbons (Fsp3) is 0.300. The predicted octanol–water partition coefficient (Wildman–Crippen LogP) is 2.19. The second-order valence-electron chi connectivity index (χ2n) is 6.88. The molecule has 1 amide bonds. The van der Waals surface area contributed by atoms with Crippen LogP contribution in [0.1, 0.15) is 28.8 Å². The Morgan fingerprint density at radius 3 is 2.61 bits per heavy atom. The molecule has 2 aromatic carbocycles. The maximum Gasteiger partial charge on any atom is 0.339 e. The molecule has 1 atom stereocenters. The van der Waals surface area contributed by atoms with Crippen molar-refractivity contribution < 1.29 is 22.7 Å². The van der Waals surface area contributed by atoms with E-state index in [0.29, 0.717) is 24.3 Å². The number of benzene rings is 2. The number of rotatable bonds is 4. The predicted molar refractivity (Wildman–Crippen MR) is 102 cm³/mol. The van der Waals surface area contributed by atoms with Gasteiger partial charge in [0.25, 0.3) is 5.91 Å². The first-order valence-corrected chi connectivity index (χ1v) is 10.6. The van der Waals surface area contributed by atoms with Gasteiger partial charge in [-0.3, -0.25) is 4.79 Å². The Hall–Kier alpha value is -2.71. The third kappa shape index (κ3) is 3.53. The third-order valence-electron chi connectivity index (χ3n) is 4.99. The summed E-state index contributed by atoms with van der Waals surface area (Å²) in [5.74, 6) is -1.02. The average molecular weight is 400 g/mol. The van der Waals surface area contributed by atoms with Crippen molar-refractivity contribution in [1.29, 1.82) is 0 Å². The summed E-state index contributed by atoms with van der Waals surface area (Å²) in [6.45, 7) is 1.02. The number of ether oxygens (including phenoxy) is 1. The van der Waals surface area contributed by atoms with Gasteiger partial charge in [0.1, 0.15) is 0 Å². The Labute approximate surface area is 163 Å². The third-order valence-corrected chi connectivity index (χ3v) is 6.88. The van der Waals surface area contributed by atoms with E-state index in [4.69, 9.17) is 4.74 Å². The minimum Gasteiger partial charge on any atom is -0.448 e. The van der Waals surface area contributed by atoms with Crippen molar-refractivity contribution in [1.82, 2.24) is 4.31 Å². The number of sulfonamides is 1. The Morgan fingerprint density at radius 2 is 1.82 bits per heavy atom. The van der Waals surface area contributed by atoms with Gasteiger partial charge >= 0.3 is 5.97 Å². The lowest BCUT2D eigenvalue weighted by molar-refractivity contribution is -0.125. The molecule has 7 nitrogen and oxygen atoms in total. The van der Waals surface area contributed by atoms with Crippen LogP contribution in [-0.2, 0) is 26.0 Å². The summed E-state index contributed by atoms with van der Waals surface area (Å²) in [5.41, 5.74) is 1.56. The summed E-state index contributed by atoms with van der Waals surface area (Å²) >= 11 is 0. The fourth-order valence-electron chi connectivity index (χ4n) is 3.51. The van der Waals surface area contributed by atoms with Crippen molar-refractivity contribution >= 4 is 27.6 Å². The van der Waals surface area contributed by atoms with Crippen molar-refractivity contribution in [3.05, 3.63) is 59.7 Å². The van der Waals surface area contributed by atoms with Gasteiger partial charge in [-0.2, -0.15) is 4.31 Å². The highest BCUT2D eigenvalue weighted by molar-refractivity contribution is 7.89. The molecule has 1 saturated heterocycles. The highest BCUT2D eigenvalue weighted by atomic mass is 32.2. The zero-order valence-electron chi connectivity index (χ0n) is 15.1. The lowest BCUT2D eigenvalue weighted by atomic mass is 9.98. The molecule has 2 aromatic rings. The molecule has 2 aliphatic heterocycles. The summed E-state index contributed by atoms with van der Waals surface area (Å²) in [6.07, 6.45) is 1.02. The number of amides is 1. The first-order chi connectivity index (χ1) is 13.4. The number of nitrogens with zero attached hydrogens (tertiary/aromatic N) is 1. The number of esters is 1. The molecule has 0 spiro atoms. The molecule has 0 bridgehead atoms. The largest absolute Gasteiger partial charge is 0.448 e. The molecule has 0 radical (unpaired) electrons. The molecule has 1 N–H and O–H groups in total. The lowest BCUT2D eigenvalue weighted by Gasteiger charge is -2.24. The van der Waals surface area contributed by atoms with E-state index < -0.39 is 28.0 Å². The molecule has 146 valence electrons. The van der Waals surface area contributed by atoms with Gasteiger partial charge in [0.05, 0.1) is 10.5 Å². The number of anilines is 1. The van der Waals surface area contributed by atoms with E-state index in [2.05, 4.69) is 5.32 Å². The van der Waals surface area contributed by atoms with Crippen molar-refractivity contribution in [3.8, 4) is 0 Å². The molecular weight excluding hydrogens is 380 g/mol. The van der Waals surface area contributed by atoms with Crippen molar-refractivity contribution in [2.24, 2.45) is 0 Å². The van der Waals surface area contributed by atoms with Crippen LogP contribution < -0.4 is 5.32 Å². The van der Waals surface area contributed by atoms with Gasteiger partial charge < -0.3 is 10.1 Å². The Kier molecular flexibility index (Phi) is 4.91. The number of fused-ring (bicyclic) bond motifs is 1. The Morgan fingerprint density at radius 1 is 1.07 bits per heavy atom. The quantitative estimate of drug-likeness (QED) is 0.794. The molecule has 4 rings (SSSR count). The molecule has 28 heavy (non-hydrogen) atoms. The zero-order valence-corrected chi connectivity index (χ0v) is 15.9. The van der Waals surface area contributed by atoms with Crippen LogP contribution in [0.4, 0.5) is 5.69 Å². The first-order valence-electron chi connectivity index (χ1n) is 9.15. The fourth-order valence-corrected chi connectivity index (χ4v) is 5.08. The van der Waals surface area contributed by atoms with E-state index in [1.54, 1.807) is 36.4 Å². The van der Waals surface area contributed by atoms with Gasteiger partial charge in [-0.05, 0) is 42.7 Å². The molecule has 0 saturated carbocycles. The number of cyclic esters (lactones) is 1. The van der Waals surface area contributed by atoms with Crippen LogP contribution in [0.15, 0.2) is 53.4 Å². The van der Waals surface area contributed by atoms with Crippen LogP contribution in [-0.4, -0.2) is 43.8 Å². The maximum atomic E-state index is 12.7. The van der Waals surface area contributed by atoms with Crippen LogP contribution in [0, 0.1) is 0 Å². The van der Waals surface area contributed by atoms with Crippen LogP contribution in [0.5, 0.6) is 0 Å². The summed E-state index contributed by atoms with van der Waals surface area (Å²) in [4.78, 5) is 24.8.